The maximum absolute atomic E-state index is 5.62. The molecule has 11 heavy (non-hydrogen) atoms. The first-order valence-electron chi connectivity index (χ1n) is 3.63. The second-order valence-electron chi connectivity index (χ2n) is 2.73. The summed E-state index contributed by atoms with van der Waals surface area (Å²) in [6.45, 7) is 1.83. The molecule has 0 atom stereocenters. The van der Waals surface area contributed by atoms with Crippen molar-refractivity contribution in [2.24, 2.45) is 5.73 Å². The Morgan fingerprint density at radius 1 is 1.55 bits per heavy atom. The Balaban J connectivity index is 2.08. The number of nitrogens with zero attached hydrogens (tertiary/aromatic N) is 3. The van der Waals surface area contributed by atoms with Crippen LogP contribution in [-0.2, 0) is 0 Å². The van der Waals surface area contributed by atoms with Crippen LogP contribution in [0.15, 0.2) is 18.6 Å². The summed E-state index contributed by atoms with van der Waals surface area (Å²) in [7, 11) is 0. The van der Waals surface area contributed by atoms with Gasteiger partial charge in [0.25, 0.3) is 0 Å². The maximum Gasteiger partial charge on any atom is 0.132 e. The largest absolute Gasteiger partial charge is 0.353 e. The van der Waals surface area contributed by atoms with E-state index in [0.29, 0.717) is 6.04 Å². The number of aromatic nitrogens is 2. The fourth-order valence-electron chi connectivity index (χ4n) is 1.17. The lowest BCUT2D eigenvalue weighted by Gasteiger charge is -2.37. The van der Waals surface area contributed by atoms with Gasteiger partial charge < -0.3 is 10.6 Å². The van der Waals surface area contributed by atoms with Crippen molar-refractivity contribution in [1.29, 1.82) is 0 Å². The molecule has 4 nitrogen and oxygen atoms in total. The molecule has 0 aliphatic carbocycles. The first-order chi connectivity index (χ1) is 5.36. The number of rotatable bonds is 1. The Hall–Kier alpha value is -1.16. The topological polar surface area (TPSA) is 55.0 Å². The monoisotopic (exact) mass is 150 g/mol. The Labute approximate surface area is 65.1 Å². The van der Waals surface area contributed by atoms with Gasteiger partial charge in [-0.1, -0.05) is 0 Å². The average molecular weight is 150 g/mol. The molecule has 1 fully saturated rings. The lowest BCUT2D eigenvalue weighted by molar-refractivity contribution is 0.514. The van der Waals surface area contributed by atoms with Crippen LogP contribution < -0.4 is 10.6 Å². The number of nitrogens with two attached hydrogens (primary N) is 1. The number of hydrogen-bond acceptors (Lipinski definition) is 4. The molecule has 0 bridgehead atoms. The van der Waals surface area contributed by atoms with Gasteiger partial charge in [-0.25, -0.2) is 9.97 Å². The van der Waals surface area contributed by atoms with Crippen molar-refractivity contribution in [2.45, 2.75) is 6.04 Å². The molecule has 1 saturated heterocycles. The van der Waals surface area contributed by atoms with Crippen molar-refractivity contribution in [1.82, 2.24) is 9.97 Å². The molecule has 0 radical (unpaired) electrons. The predicted molar refractivity (Wildman–Crippen MR) is 42.2 cm³/mol. The first-order valence-corrected chi connectivity index (χ1v) is 3.63. The molecule has 1 aliphatic rings. The fourth-order valence-corrected chi connectivity index (χ4v) is 1.17. The Kier molecular flexibility index (Phi) is 1.47. The van der Waals surface area contributed by atoms with E-state index in [4.69, 9.17) is 5.73 Å². The third-order valence-corrected chi connectivity index (χ3v) is 1.80. The Bertz CT molecular complexity index is 229. The summed E-state index contributed by atoms with van der Waals surface area (Å²) in [5.74, 6) is 0.974. The van der Waals surface area contributed by atoms with E-state index < -0.39 is 0 Å². The standard InChI is InChI=1S/C7H10N4/c8-6-3-11(4-6)7-1-2-9-5-10-7/h1-2,5-6H,3-4,8H2. The lowest BCUT2D eigenvalue weighted by atomic mass is 10.1. The van der Waals surface area contributed by atoms with Crippen LogP contribution in [-0.4, -0.2) is 29.1 Å². The molecule has 1 aromatic heterocycles. The summed E-state index contributed by atoms with van der Waals surface area (Å²) < 4.78 is 0. The van der Waals surface area contributed by atoms with Crippen LogP contribution >= 0.6 is 0 Å². The average Bonchev–Trinajstić information content (AvgIpc) is 2.01. The van der Waals surface area contributed by atoms with Crippen LogP contribution in [0, 0.1) is 0 Å². The smallest absolute Gasteiger partial charge is 0.132 e. The molecule has 1 aliphatic heterocycles. The van der Waals surface area contributed by atoms with Gasteiger partial charge in [0.1, 0.15) is 12.1 Å². The summed E-state index contributed by atoms with van der Waals surface area (Å²) >= 11 is 0. The highest BCUT2D eigenvalue weighted by molar-refractivity contribution is 5.40. The normalized spacial score (nSPS) is 18.1. The third-order valence-electron chi connectivity index (χ3n) is 1.80. The molecule has 2 heterocycles. The number of hydrogen-bond donors (Lipinski definition) is 1. The van der Waals surface area contributed by atoms with Crippen LogP contribution in [0.5, 0.6) is 0 Å². The van der Waals surface area contributed by atoms with Gasteiger partial charge in [0.2, 0.25) is 0 Å². The van der Waals surface area contributed by atoms with Gasteiger partial charge in [-0.2, -0.15) is 0 Å². The van der Waals surface area contributed by atoms with E-state index in [2.05, 4.69) is 14.9 Å². The van der Waals surface area contributed by atoms with Crippen molar-refractivity contribution in [3.05, 3.63) is 18.6 Å². The van der Waals surface area contributed by atoms with Gasteiger partial charge in [0.05, 0.1) is 0 Å². The van der Waals surface area contributed by atoms with Gasteiger partial charge in [0.15, 0.2) is 0 Å². The summed E-state index contributed by atoms with van der Waals surface area (Å²) in [5, 5.41) is 0. The Morgan fingerprint density at radius 3 is 2.91 bits per heavy atom. The zero-order valence-corrected chi connectivity index (χ0v) is 6.14. The minimum absolute atomic E-state index is 0.324. The highest BCUT2D eigenvalue weighted by Gasteiger charge is 2.23. The van der Waals surface area contributed by atoms with Gasteiger partial charge in [-0.15, -0.1) is 0 Å². The molecule has 0 amide bonds. The molecule has 2 rings (SSSR count). The van der Waals surface area contributed by atoms with E-state index in [-0.39, 0.29) is 0 Å². The third kappa shape index (κ3) is 1.17. The minimum atomic E-state index is 0.324. The predicted octanol–water partition coefficient (Wildman–Crippen LogP) is -0.376. The van der Waals surface area contributed by atoms with Crippen LogP contribution in [0.4, 0.5) is 5.82 Å². The highest BCUT2D eigenvalue weighted by atomic mass is 15.3. The molecule has 0 saturated carbocycles. The van der Waals surface area contributed by atoms with Crippen molar-refractivity contribution in [2.75, 3.05) is 18.0 Å². The fraction of sp³-hybridized carbons (Fsp3) is 0.429. The zero-order chi connectivity index (χ0) is 7.68. The second kappa shape index (κ2) is 2.47. The van der Waals surface area contributed by atoms with Gasteiger partial charge in [-0.05, 0) is 6.07 Å². The minimum Gasteiger partial charge on any atom is -0.353 e. The summed E-state index contributed by atoms with van der Waals surface area (Å²) in [5.41, 5.74) is 5.62. The van der Waals surface area contributed by atoms with Crippen molar-refractivity contribution in [3.63, 3.8) is 0 Å². The second-order valence-corrected chi connectivity index (χ2v) is 2.73. The summed E-state index contributed by atoms with van der Waals surface area (Å²) in [6, 6.07) is 2.22. The Morgan fingerprint density at radius 2 is 2.36 bits per heavy atom. The van der Waals surface area contributed by atoms with Crippen molar-refractivity contribution in [3.8, 4) is 0 Å². The number of anilines is 1. The van der Waals surface area contributed by atoms with E-state index in [9.17, 15) is 0 Å². The maximum atomic E-state index is 5.62. The van der Waals surface area contributed by atoms with E-state index >= 15 is 0 Å². The molecule has 1 aromatic rings. The highest BCUT2D eigenvalue weighted by Crippen LogP contribution is 2.14. The summed E-state index contributed by atoms with van der Waals surface area (Å²) in [6.07, 6.45) is 3.30. The molecule has 0 aromatic carbocycles. The molecule has 2 N–H and O–H groups in total. The van der Waals surface area contributed by atoms with Gasteiger partial charge in [-0.3, -0.25) is 0 Å². The first kappa shape index (κ1) is 6.54. The van der Waals surface area contributed by atoms with Crippen molar-refractivity contribution >= 4 is 5.82 Å². The van der Waals surface area contributed by atoms with Crippen LogP contribution in [0.2, 0.25) is 0 Å². The van der Waals surface area contributed by atoms with Gasteiger partial charge >= 0.3 is 0 Å². The zero-order valence-electron chi connectivity index (χ0n) is 6.14. The molecular formula is C7H10N4. The lowest BCUT2D eigenvalue weighted by Crippen LogP contribution is -2.56. The van der Waals surface area contributed by atoms with E-state index in [1.165, 1.54) is 0 Å². The van der Waals surface area contributed by atoms with Crippen LogP contribution in [0.25, 0.3) is 0 Å². The molecule has 0 spiro atoms. The summed E-state index contributed by atoms with van der Waals surface area (Å²) in [4.78, 5) is 10.1. The quantitative estimate of drug-likeness (QED) is 0.593. The molecular weight excluding hydrogens is 140 g/mol. The molecule has 58 valence electrons. The van der Waals surface area contributed by atoms with Crippen LogP contribution in [0.3, 0.4) is 0 Å². The SMILES string of the molecule is NC1CN(c2ccncn2)C1. The van der Waals surface area contributed by atoms with Crippen molar-refractivity contribution < 1.29 is 0 Å². The van der Waals surface area contributed by atoms with E-state index in [0.717, 1.165) is 18.9 Å². The molecule has 0 unspecified atom stereocenters. The van der Waals surface area contributed by atoms with Crippen LogP contribution in [0.1, 0.15) is 0 Å². The molecule has 4 heteroatoms. The van der Waals surface area contributed by atoms with Gasteiger partial charge in [0, 0.05) is 25.3 Å². The van der Waals surface area contributed by atoms with E-state index in [1.807, 2.05) is 6.07 Å². The van der Waals surface area contributed by atoms with E-state index in [1.54, 1.807) is 12.5 Å².